The quantitative estimate of drug-likeness (QED) is 0.556. The molecule has 3 aromatic carbocycles. The number of nitrogens with one attached hydrogen (secondary N) is 1. The summed E-state index contributed by atoms with van der Waals surface area (Å²) in [6.45, 7) is 0. The molecule has 0 aliphatic heterocycles. The molecule has 0 spiro atoms. The van der Waals surface area contributed by atoms with Gasteiger partial charge in [0.05, 0.1) is 11.0 Å². The number of hydrogen-bond donors (Lipinski definition) is 1. The number of H-pyrrole nitrogens is 1. The molecule has 0 fully saturated rings. The van der Waals surface area contributed by atoms with Crippen LogP contribution in [0.4, 0.5) is 0 Å². The number of imidazole rings is 1. The van der Waals surface area contributed by atoms with E-state index in [1.807, 2.05) is 42.5 Å². The van der Waals surface area contributed by atoms with E-state index in [0.29, 0.717) is 0 Å². The van der Waals surface area contributed by atoms with Crippen LogP contribution in [-0.2, 0) is 6.42 Å². The Kier molecular flexibility index (Phi) is 2.90. The zero-order chi connectivity index (χ0) is 14.2. The first-order chi connectivity index (χ1) is 10.3. The van der Waals surface area contributed by atoms with Crippen LogP contribution in [0.2, 0.25) is 5.02 Å². The molecule has 4 rings (SSSR count). The van der Waals surface area contributed by atoms with Crippen LogP contribution in [0.1, 0.15) is 11.4 Å². The second kappa shape index (κ2) is 4.90. The van der Waals surface area contributed by atoms with E-state index < -0.39 is 0 Å². The normalized spacial score (nSPS) is 11.3. The Morgan fingerprint density at radius 2 is 1.76 bits per heavy atom. The minimum absolute atomic E-state index is 0.746. The van der Waals surface area contributed by atoms with Crippen molar-refractivity contribution in [1.82, 2.24) is 9.97 Å². The van der Waals surface area contributed by atoms with Crippen molar-refractivity contribution in [1.29, 1.82) is 0 Å². The van der Waals surface area contributed by atoms with Crippen molar-refractivity contribution in [3.05, 3.63) is 77.1 Å². The number of hydrogen-bond acceptors (Lipinski definition) is 1. The summed E-state index contributed by atoms with van der Waals surface area (Å²) in [4.78, 5) is 8.02. The van der Waals surface area contributed by atoms with Gasteiger partial charge >= 0.3 is 0 Å². The van der Waals surface area contributed by atoms with E-state index in [-0.39, 0.29) is 0 Å². The number of benzene rings is 3. The average molecular weight is 293 g/mol. The highest BCUT2D eigenvalue weighted by Gasteiger charge is 2.07. The van der Waals surface area contributed by atoms with Crippen LogP contribution in [0.5, 0.6) is 0 Å². The number of aromatic nitrogens is 2. The molecule has 2 nitrogen and oxygen atoms in total. The minimum Gasteiger partial charge on any atom is -0.342 e. The van der Waals surface area contributed by atoms with Gasteiger partial charge in [0.15, 0.2) is 0 Å². The van der Waals surface area contributed by atoms with Crippen LogP contribution in [0.25, 0.3) is 21.8 Å². The number of aromatic amines is 1. The van der Waals surface area contributed by atoms with E-state index >= 15 is 0 Å². The molecule has 0 atom stereocenters. The highest BCUT2D eigenvalue weighted by atomic mass is 35.5. The van der Waals surface area contributed by atoms with Crippen molar-refractivity contribution < 1.29 is 0 Å². The third-order valence-corrected chi connectivity index (χ3v) is 3.93. The third kappa shape index (κ3) is 2.28. The Morgan fingerprint density at radius 1 is 0.952 bits per heavy atom. The largest absolute Gasteiger partial charge is 0.342 e. The number of rotatable bonds is 2. The molecule has 1 heterocycles. The summed E-state index contributed by atoms with van der Waals surface area (Å²) < 4.78 is 0. The Bertz CT molecular complexity index is 907. The monoisotopic (exact) mass is 292 g/mol. The molecule has 0 bridgehead atoms. The molecule has 0 aliphatic rings. The van der Waals surface area contributed by atoms with E-state index in [9.17, 15) is 0 Å². The summed E-state index contributed by atoms with van der Waals surface area (Å²) in [6.07, 6.45) is 0.746. The van der Waals surface area contributed by atoms with Gasteiger partial charge in [-0.25, -0.2) is 4.98 Å². The first kappa shape index (κ1) is 12.4. The predicted molar refractivity (Wildman–Crippen MR) is 87.9 cm³/mol. The summed E-state index contributed by atoms with van der Waals surface area (Å²) in [7, 11) is 0. The van der Waals surface area contributed by atoms with Gasteiger partial charge in [-0.1, -0.05) is 48.0 Å². The van der Waals surface area contributed by atoms with Crippen LogP contribution in [-0.4, -0.2) is 9.97 Å². The molecule has 0 saturated carbocycles. The maximum Gasteiger partial charge on any atom is 0.111 e. The number of para-hydroxylation sites is 2. The summed E-state index contributed by atoms with van der Waals surface area (Å²) in [5, 5.41) is 3.15. The lowest BCUT2D eigenvalue weighted by Crippen LogP contribution is -1.92. The number of nitrogens with zero attached hydrogens (tertiary/aromatic N) is 1. The van der Waals surface area contributed by atoms with Gasteiger partial charge in [0.1, 0.15) is 5.82 Å². The Balaban J connectivity index is 1.83. The molecule has 3 heteroatoms. The highest BCUT2D eigenvalue weighted by molar-refractivity contribution is 6.31. The molecular weight excluding hydrogens is 280 g/mol. The highest BCUT2D eigenvalue weighted by Crippen LogP contribution is 2.26. The lowest BCUT2D eigenvalue weighted by molar-refractivity contribution is 1.05. The molecule has 0 amide bonds. The summed E-state index contributed by atoms with van der Waals surface area (Å²) >= 11 is 6.24. The maximum absolute atomic E-state index is 6.24. The van der Waals surface area contributed by atoms with E-state index in [0.717, 1.165) is 33.7 Å². The van der Waals surface area contributed by atoms with Gasteiger partial charge in [-0.15, -0.1) is 0 Å². The smallest absolute Gasteiger partial charge is 0.111 e. The van der Waals surface area contributed by atoms with Crippen molar-refractivity contribution in [2.45, 2.75) is 6.42 Å². The zero-order valence-corrected chi connectivity index (χ0v) is 12.1. The topological polar surface area (TPSA) is 28.7 Å². The van der Waals surface area contributed by atoms with Crippen LogP contribution < -0.4 is 0 Å². The maximum atomic E-state index is 6.24. The number of halogens is 1. The van der Waals surface area contributed by atoms with Gasteiger partial charge in [-0.3, -0.25) is 0 Å². The first-order valence-corrected chi connectivity index (χ1v) is 7.28. The summed E-state index contributed by atoms with van der Waals surface area (Å²) in [6, 6.07) is 20.4. The van der Waals surface area contributed by atoms with Gasteiger partial charge in [-0.05, 0) is 40.6 Å². The SMILES string of the molecule is Clc1cc(Cc2nc3ccccc3[nH]2)c2ccccc2c1. The van der Waals surface area contributed by atoms with Crippen molar-refractivity contribution in [2.75, 3.05) is 0 Å². The van der Waals surface area contributed by atoms with Crippen molar-refractivity contribution in [3.63, 3.8) is 0 Å². The van der Waals surface area contributed by atoms with Gasteiger partial charge in [0.2, 0.25) is 0 Å². The van der Waals surface area contributed by atoms with Crippen LogP contribution >= 0.6 is 11.6 Å². The van der Waals surface area contributed by atoms with Crippen molar-refractivity contribution in [2.24, 2.45) is 0 Å². The summed E-state index contributed by atoms with van der Waals surface area (Å²) in [5.41, 5.74) is 3.26. The van der Waals surface area contributed by atoms with Gasteiger partial charge in [0.25, 0.3) is 0 Å². The Labute approximate surface area is 127 Å². The van der Waals surface area contributed by atoms with Gasteiger partial charge in [-0.2, -0.15) is 0 Å². The average Bonchev–Trinajstić information content (AvgIpc) is 2.89. The fourth-order valence-corrected chi connectivity index (χ4v) is 3.01. The fourth-order valence-electron chi connectivity index (χ4n) is 2.77. The molecule has 102 valence electrons. The Hall–Kier alpha value is -2.32. The third-order valence-electron chi connectivity index (χ3n) is 3.71. The van der Waals surface area contributed by atoms with E-state index in [1.54, 1.807) is 0 Å². The first-order valence-electron chi connectivity index (χ1n) is 6.90. The van der Waals surface area contributed by atoms with Crippen molar-refractivity contribution in [3.8, 4) is 0 Å². The predicted octanol–water partition coefficient (Wildman–Crippen LogP) is 4.96. The number of fused-ring (bicyclic) bond motifs is 2. The molecule has 0 saturated heterocycles. The molecule has 4 aromatic rings. The minimum atomic E-state index is 0.746. The molecule has 1 aromatic heterocycles. The molecule has 21 heavy (non-hydrogen) atoms. The van der Waals surface area contributed by atoms with E-state index in [4.69, 9.17) is 11.6 Å². The fraction of sp³-hybridized carbons (Fsp3) is 0.0556. The molecule has 0 aliphatic carbocycles. The molecule has 1 N–H and O–H groups in total. The zero-order valence-electron chi connectivity index (χ0n) is 11.3. The van der Waals surface area contributed by atoms with Crippen LogP contribution in [0.3, 0.4) is 0 Å². The molecular formula is C18H13ClN2. The second-order valence-electron chi connectivity index (χ2n) is 5.16. The second-order valence-corrected chi connectivity index (χ2v) is 5.60. The lowest BCUT2D eigenvalue weighted by Gasteiger charge is -2.06. The van der Waals surface area contributed by atoms with Gasteiger partial charge < -0.3 is 4.98 Å². The Morgan fingerprint density at radius 3 is 2.67 bits per heavy atom. The van der Waals surface area contributed by atoms with Crippen molar-refractivity contribution >= 4 is 33.4 Å². The molecule has 0 radical (unpaired) electrons. The van der Waals surface area contributed by atoms with Crippen LogP contribution in [0.15, 0.2) is 60.7 Å². The molecule has 0 unspecified atom stereocenters. The standard InChI is InChI=1S/C18H13ClN2/c19-14-9-12-5-1-2-6-15(12)13(10-14)11-18-20-16-7-3-4-8-17(16)21-18/h1-10H,11H2,(H,20,21). The summed E-state index contributed by atoms with van der Waals surface area (Å²) in [5.74, 6) is 0.962. The van der Waals surface area contributed by atoms with Crippen LogP contribution in [0, 0.1) is 0 Å². The lowest BCUT2D eigenvalue weighted by atomic mass is 10.0. The van der Waals surface area contributed by atoms with E-state index in [2.05, 4.69) is 28.2 Å². The van der Waals surface area contributed by atoms with E-state index in [1.165, 1.54) is 10.9 Å². The van der Waals surface area contributed by atoms with Gasteiger partial charge in [0, 0.05) is 11.4 Å².